The highest BCUT2D eigenvalue weighted by Gasteiger charge is 1.99. The van der Waals surface area contributed by atoms with E-state index in [2.05, 4.69) is 4.98 Å². The molecule has 0 aromatic carbocycles. The molecule has 0 spiro atoms. The SMILES string of the molecule is Cc1ccn(Cc2cc(Cl)ccn2)c(=O)c1. The van der Waals surface area contributed by atoms with Crippen LogP contribution in [-0.4, -0.2) is 9.55 Å². The fourth-order valence-electron chi connectivity index (χ4n) is 1.45. The summed E-state index contributed by atoms with van der Waals surface area (Å²) < 4.78 is 1.60. The molecule has 0 saturated carbocycles. The summed E-state index contributed by atoms with van der Waals surface area (Å²) >= 11 is 5.85. The van der Waals surface area contributed by atoms with Gasteiger partial charge in [-0.2, -0.15) is 0 Å². The molecule has 0 unspecified atom stereocenters. The summed E-state index contributed by atoms with van der Waals surface area (Å²) in [6, 6.07) is 6.97. The molecule has 0 aliphatic rings. The summed E-state index contributed by atoms with van der Waals surface area (Å²) in [5, 5.41) is 0.630. The van der Waals surface area contributed by atoms with Crippen LogP contribution in [0.25, 0.3) is 0 Å². The summed E-state index contributed by atoms with van der Waals surface area (Å²) in [7, 11) is 0. The Morgan fingerprint density at radius 3 is 2.88 bits per heavy atom. The van der Waals surface area contributed by atoms with Crippen molar-refractivity contribution >= 4 is 11.6 Å². The highest BCUT2D eigenvalue weighted by Crippen LogP contribution is 2.08. The molecule has 2 rings (SSSR count). The number of aromatic nitrogens is 2. The van der Waals surface area contributed by atoms with Crippen molar-refractivity contribution in [3.63, 3.8) is 0 Å². The fourth-order valence-corrected chi connectivity index (χ4v) is 1.63. The summed E-state index contributed by atoms with van der Waals surface area (Å²) in [5.41, 5.74) is 1.71. The van der Waals surface area contributed by atoms with Crippen molar-refractivity contribution in [3.8, 4) is 0 Å². The zero-order valence-electron chi connectivity index (χ0n) is 8.85. The minimum atomic E-state index is -0.0261. The van der Waals surface area contributed by atoms with E-state index < -0.39 is 0 Å². The molecule has 0 atom stereocenters. The summed E-state index contributed by atoms with van der Waals surface area (Å²) in [6.07, 6.45) is 3.40. The van der Waals surface area contributed by atoms with Gasteiger partial charge in [0.15, 0.2) is 0 Å². The molecule has 0 aliphatic heterocycles. The lowest BCUT2D eigenvalue weighted by atomic mass is 10.3. The van der Waals surface area contributed by atoms with E-state index in [9.17, 15) is 4.79 Å². The molecule has 2 aromatic heterocycles. The molecule has 16 heavy (non-hydrogen) atoms. The Balaban J connectivity index is 2.31. The molecule has 2 heterocycles. The molecule has 0 radical (unpaired) electrons. The Morgan fingerprint density at radius 1 is 1.38 bits per heavy atom. The second-order valence-corrected chi connectivity index (χ2v) is 4.07. The van der Waals surface area contributed by atoms with Gasteiger partial charge in [-0.25, -0.2) is 0 Å². The minimum absolute atomic E-state index is 0.0261. The highest BCUT2D eigenvalue weighted by molar-refractivity contribution is 6.30. The van der Waals surface area contributed by atoms with Gasteiger partial charge >= 0.3 is 0 Å². The van der Waals surface area contributed by atoms with Crippen molar-refractivity contribution < 1.29 is 0 Å². The maximum atomic E-state index is 11.6. The van der Waals surface area contributed by atoms with Gasteiger partial charge in [-0.3, -0.25) is 9.78 Å². The summed E-state index contributed by atoms with van der Waals surface area (Å²) in [4.78, 5) is 15.8. The lowest BCUT2D eigenvalue weighted by Gasteiger charge is -2.05. The number of halogens is 1. The van der Waals surface area contributed by atoms with Crippen LogP contribution in [0.5, 0.6) is 0 Å². The van der Waals surface area contributed by atoms with Crippen LogP contribution in [0.15, 0.2) is 41.5 Å². The largest absolute Gasteiger partial charge is 0.310 e. The van der Waals surface area contributed by atoms with E-state index in [0.717, 1.165) is 11.3 Å². The Kier molecular flexibility index (Phi) is 3.06. The lowest BCUT2D eigenvalue weighted by Crippen LogP contribution is -2.19. The number of rotatable bonds is 2. The second kappa shape index (κ2) is 4.49. The van der Waals surface area contributed by atoms with Crippen molar-refractivity contribution in [1.82, 2.24) is 9.55 Å². The Bertz CT molecular complexity index is 563. The molecule has 0 amide bonds. The average molecular weight is 235 g/mol. The summed E-state index contributed by atoms with van der Waals surface area (Å²) in [6.45, 7) is 2.34. The van der Waals surface area contributed by atoms with Crippen LogP contribution in [0.2, 0.25) is 5.02 Å². The molecule has 0 bridgehead atoms. The van der Waals surface area contributed by atoms with Gasteiger partial charge in [-0.05, 0) is 30.7 Å². The zero-order chi connectivity index (χ0) is 11.5. The average Bonchev–Trinajstić information content (AvgIpc) is 2.22. The highest BCUT2D eigenvalue weighted by atomic mass is 35.5. The molecule has 4 heteroatoms. The number of hydrogen-bond donors (Lipinski definition) is 0. The molecule has 2 aromatic rings. The van der Waals surface area contributed by atoms with Crippen LogP contribution in [0.4, 0.5) is 0 Å². The van der Waals surface area contributed by atoms with E-state index in [-0.39, 0.29) is 5.56 Å². The van der Waals surface area contributed by atoms with E-state index in [1.54, 1.807) is 35.2 Å². The number of nitrogens with zero attached hydrogens (tertiary/aromatic N) is 2. The lowest BCUT2D eigenvalue weighted by molar-refractivity contribution is 0.737. The first-order valence-corrected chi connectivity index (χ1v) is 5.30. The number of pyridine rings is 2. The van der Waals surface area contributed by atoms with Crippen LogP contribution >= 0.6 is 11.6 Å². The van der Waals surface area contributed by atoms with E-state index in [4.69, 9.17) is 11.6 Å². The third-order valence-electron chi connectivity index (χ3n) is 2.26. The molecule has 0 N–H and O–H groups in total. The van der Waals surface area contributed by atoms with Gasteiger partial charge < -0.3 is 4.57 Å². The molecule has 0 fully saturated rings. The molecule has 0 saturated heterocycles. The standard InChI is InChI=1S/C12H11ClN2O/c1-9-3-5-15(12(16)6-9)8-11-7-10(13)2-4-14-11/h2-7H,8H2,1H3. The Labute approximate surface area is 98.3 Å². The first kappa shape index (κ1) is 10.9. The van der Waals surface area contributed by atoms with Gasteiger partial charge in [-0.1, -0.05) is 11.6 Å². The maximum Gasteiger partial charge on any atom is 0.251 e. The van der Waals surface area contributed by atoms with Crippen LogP contribution in [-0.2, 0) is 6.54 Å². The van der Waals surface area contributed by atoms with Crippen LogP contribution in [0.1, 0.15) is 11.3 Å². The Hall–Kier alpha value is -1.61. The van der Waals surface area contributed by atoms with Crippen LogP contribution in [0.3, 0.4) is 0 Å². The van der Waals surface area contributed by atoms with Gasteiger partial charge in [0, 0.05) is 23.5 Å². The van der Waals surface area contributed by atoms with E-state index in [1.165, 1.54) is 0 Å². The molecule has 82 valence electrons. The van der Waals surface area contributed by atoms with E-state index in [1.807, 2.05) is 13.0 Å². The predicted octanol–water partition coefficient (Wildman–Crippen LogP) is 2.25. The maximum absolute atomic E-state index is 11.6. The smallest absolute Gasteiger partial charge is 0.251 e. The third-order valence-corrected chi connectivity index (χ3v) is 2.50. The van der Waals surface area contributed by atoms with Gasteiger partial charge in [0.2, 0.25) is 0 Å². The number of hydrogen-bond acceptors (Lipinski definition) is 2. The molecule has 0 aliphatic carbocycles. The zero-order valence-corrected chi connectivity index (χ0v) is 9.61. The van der Waals surface area contributed by atoms with E-state index >= 15 is 0 Å². The van der Waals surface area contributed by atoms with Crippen molar-refractivity contribution in [2.24, 2.45) is 0 Å². The normalized spacial score (nSPS) is 10.4. The molecular weight excluding hydrogens is 224 g/mol. The second-order valence-electron chi connectivity index (χ2n) is 3.64. The van der Waals surface area contributed by atoms with E-state index in [0.29, 0.717) is 11.6 Å². The van der Waals surface area contributed by atoms with Crippen LogP contribution < -0.4 is 5.56 Å². The third kappa shape index (κ3) is 2.49. The first-order valence-electron chi connectivity index (χ1n) is 4.93. The monoisotopic (exact) mass is 234 g/mol. The van der Waals surface area contributed by atoms with Gasteiger partial charge in [0.1, 0.15) is 0 Å². The van der Waals surface area contributed by atoms with Crippen molar-refractivity contribution in [3.05, 3.63) is 63.3 Å². The van der Waals surface area contributed by atoms with Crippen molar-refractivity contribution in [2.45, 2.75) is 13.5 Å². The first-order chi connectivity index (χ1) is 7.65. The Morgan fingerprint density at radius 2 is 2.19 bits per heavy atom. The van der Waals surface area contributed by atoms with Gasteiger partial charge in [-0.15, -0.1) is 0 Å². The molecular formula is C12H11ClN2O. The fraction of sp³-hybridized carbons (Fsp3) is 0.167. The summed E-state index contributed by atoms with van der Waals surface area (Å²) in [5.74, 6) is 0. The van der Waals surface area contributed by atoms with Crippen LogP contribution in [0, 0.1) is 6.92 Å². The minimum Gasteiger partial charge on any atom is -0.310 e. The molecule has 3 nitrogen and oxygen atoms in total. The van der Waals surface area contributed by atoms with Gasteiger partial charge in [0.05, 0.1) is 12.2 Å². The topological polar surface area (TPSA) is 34.9 Å². The van der Waals surface area contributed by atoms with Gasteiger partial charge in [0.25, 0.3) is 5.56 Å². The quantitative estimate of drug-likeness (QED) is 0.799. The van der Waals surface area contributed by atoms with Crippen molar-refractivity contribution in [1.29, 1.82) is 0 Å². The predicted molar refractivity (Wildman–Crippen MR) is 63.8 cm³/mol. The van der Waals surface area contributed by atoms with Crippen molar-refractivity contribution in [2.75, 3.05) is 0 Å². The number of aryl methyl sites for hydroxylation is 1.